The van der Waals surface area contributed by atoms with Crippen molar-refractivity contribution in [1.82, 2.24) is 19.9 Å². The number of aromatic nitrogens is 3. The second-order valence-electron chi connectivity index (χ2n) is 8.40. The minimum atomic E-state index is -0.540. The van der Waals surface area contributed by atoms with Gasteiger partial charge < -0.3 is 14.6 Å². The summed E-state index contributed by atoms with van der Waals surface area (Å²) in [5.41, 5.74) is 0.386. The van der Waals surface area contributed by atoms with Crippen molar-refractivity contribution < 1.29 is 14.3 Å². The number of ether oxygens (including phenoxy) is 1. The molecule has 1 aliphatic rings. The minimum absolute atomic E-state index is 0.155. The Hall–Kier alpha value is -2.15. The van der Waals surface area contributed by atoms with Crippen molar-refractivity contribution in [3.8, 4) is 0 Å². The lowest BCUT2D eigenvalue weighted by atomic mass is 9.78. The van der Waals surface area contributed by atoms with Crippen LogP contribution in [0.1, 0.15) is 69.8 Å². The third-order valence-corrected chi connectivity index (χ3v) is 5.36. The zero-order chi connectivity index (χ0) is 20.4. The lowest BCUT2D eigenvalue weighted by Crippen LogP contribution is -2.41. The van der Waals surface area contributed by atoms with E-state index in [1.807, 2.05) is 25.3 Å². The van der Waals surface area contributed by atoms with Crippen molar-refractivity contribution in [3.63, 3.8) is 0 Å². The molecule has 8 heteroatoms. The van der Waals surface area contributed by atoms with Crippen LogP contribution in [0.5, 0.6) is 0 Å². The molecular weight excluding hydrogens is 380 g/mol. The number of carbonyl (C=O) groups excluding carboxylic acids is 2. The van der Waals surface area contributed by atoms with Gasteiger partial charge in [0, 0.05) is 23.7 Å². The predicted molar refractivity (Wildman–Crippen MR) is 108 cm³/mol. The molecule has 7 nitrogen and oxygen atoms in total. The van der Waals surface area contributed by atoms with E-state index in [-0.39, 0.29) is 10.8 Å². The number of halogens is 1. The Balaban J connectivity index is 1.90. The van der Waals surface area contributed by atoms with Gasteiger partial charge in [0.2, 0.25) is 5.28 Å². The van der Waals surface area contributed by atoms with Crippen LogP contribution < -0.4 is 5.32 Å². The van der Waals surface area contributed by atoms with E-state index in [4.69, 9.17) is 16.3 Å². The Bertz CT molecular complexity index is 866. The molecule has 0 bridgehead atoms. The first-order chi connectivity index (χ1) is 13.2. The first-order valence-corrected chi connectivity index (χ1v) is 10.1. The first-order valence-electron chi connectivity index (χ1n) is 9.71. The molecule has 2 heterocycles. The number of carbonyl (C=O) groups is 2. The summed E-state index contributed by atoms with van der Waals surface area (Å²) in [7, 11) is 0. The summed E-state index contributed by atoms with van der Waals surface area (Å²) in [4.78, 5) is 32.3. The smallest absolute Gasteiger partial charge is 0.407 e. The predicted octanol–water partition coefficient (Wildman–Crippen LogP) is 4.47. The van der Waals surface area contributed by atoms with E-state index in [9.17, 15) is 9.59 Å². The summed E-state index contributed by atoms with van der Waals surface area (Å²) in [5.74, 6) is 0. The maximum atomic E-state index is 12.0. The van der Waals surface area contributed by atoms with Crippen molar-refractivity contribution >= 4 is 35.0 Å². The summed E-state index contributed by atoms with van der Waals surface area (Å²) in [5, 5.41) is 3.79. The molecule has 0 saturated heterocycles. The van der Waals surface area contributed by atoms with Crippen molar-refractivity contribution in [3.05, 3.63) is 23.2 Å². The van der Waals surface area contributed by atoms with Gasteiger partial charge in [0.1, 0.15) is 11.2 Å². The van der Waals surface area contributed by atoms with Gasteiger partial charge in [-0.05, 0) is 57.7 Å². The molecule has 3 rings (SSSR count). The molecule has 28 heavy (non-hydrogen) atoms. The van der Waals surface area contributed by atoms with E-state index in [1.54, 1.807) is 12.3 Å². The van der Waals surface area contributed by atoms with Crippen LogP contribution in [0.15, 0.2) is 12.3 Å². The molecule has 0 spiro atoms. The molecule has 2 aromatic heterocycles. The number of hydrogen-bond donors (Lipinski definition) is 1. The molecular formula is C20H27ClN4O3. The van der Waals surface area contributed by atoms with Crippen LogP contribution in [0.2, 0.25) is 5.28 Å². The molecule has 152 valence electrons. The third-order valence-electron chi connectivity index (χ3n) is 5.18. The highest BCUT2D eigenvalue weighted by molar-refractivity contribution is 6.28. The lowest BCUT2D eigenvalue weighted by molar-refractivity contribution is 0.0516. The second kappa shape index (κ2) is 8.07. The monoisotopic (exact) mass is 406 g/mol. The molecule has 2 aromatic rings. The average Bonchev–Trinajstić information content (AvgIpc) is 2.99. The summed E-state index contributed by atoms with van der Waals surface area (Å²) in [6.07, 6.45) is 7.84. The number of amides is 1. The van der Waals surface area contributed by atoms with Gasteiger partial charge in [0.15, 0.2) is 6.29 Å². The van der Waals surface area contributed by atoms with Crippen LogP contribution in [0.3, 0.4) is 0 Å². The van der Waals surface area contributed by atoms with Crippen LogP contribution in [-0.4, -0.2) is 39.1 Å². The normalized spacial score (nSPS) is 16.7. The lowest BCUT2D eigenvalue weighted by Gasteiger charge is -2.40. The van der Waals surface area contributed by atoms with Crippen LogP contribution in [0.4, 0.5) is 4.79 Å². The van der Waals surface area contributed by atoms with E-state index in [1.165, 1.54) is 0 Å². The molecule has 0 aliphatic heterocycles. The zero-order valence-electron chi connectivity index (χ0n) is 16.6. The van der Waals surface area contributed by atoms with Gasteiger partial charge in [-0.15, -0.1) is 0 Å². The third kappa shape index (κ3) is 4.46. The van der Waals surface area contributed by atoms with Gasteiger partial charge in [-0.1, -0.05) is 19.3 Å². The van der Waals surface area contributed by atoms with E-state index < -0.39 is 11.7 Å². The van der Waals surface area contributed by atoms with E-state index in [2.05, 4.69) is 15.3 Å². The highest BCUT2D eigenvalue weighted by Crippen LogP contribution is 2.41. The minimum Gasteiger partial charge on any atom is -0.444 e. The quantitative estimate of drug-likeness (QED) is 0.584. The highest BCUT2D eigenvalue weighted by Gasteiger charge is 2.36. The van der Waals surface area contributed by atoms with Crippen molar-refractivity contribution in [2.24, 2.45) is 0 Å². The van der Waals surface area contributed by atoms with Crippen LogP contribution in [-0.2, 0) is 10.3 Å². The Morgan fingerprint density at radius 2 is 2.07 bits per heavy atom. The van der Waals surface area contributed by atoms with E-state index in [0.717, 1.165) is 43.8 Å². The number of alkyl carbamates (subject to hydrolysis) is 1. The summed E-state index contributed by atoms with van der Waals surface area (Å²) >= 11 is 6.04. The number of rotatable bonds is 5. The summed E-state index contributed by atoms with van der Waals surface area (Å²) in [6.45, 7) is 5.95. The number of hydrogen-bond acceptors (Lipinski definition) is 5. The molecule has 1 fully saturated rings. The molecule has 1 saturated carbocycles. The molecule has 1 amide bonds. The number of nitrogens with zero attached hydrogens (tertiary/aromatic N) is 3. The Morgan fingerprint density at radius 1 is 1.36 bits per heavy atom. The summed E-state index contributed by atoms with van der Waals surface area (Å²) < 4.78 is 7.34. The highest BCUT2D eigenvalue weighted by atomic mass is 35.5. The van der Waals surface area contributed by atoms with Crippen LogP contribution >= 0.6 is 11.6 Å². The number of fused-ring (bicyclic) bond motifs is 1. The van der Waals surface area contributed by atoms with Crippen molar-refractivity contribution in [2.45, 2.75) is 70.4 Å². The Labute approximate surface area is 169 Å². The number of nitrogens with one attached hydrogen (secondary N) is 1. The fraction of sp³-hybridized carbons (Fsp3) is 0.600. The maximum Gasteiger partial charge on any atom is 0.407 e. The fourth-order valence-corrected chi connectivity index (χ4v) is 4.21. The molecule has 0 atom stereocenters. The fourth-order valence-electron chi connectivity index (χ4n) is 4.08. The van der Waals surface area contributed by atoms with Crippen molar-refractivity contribution in [2.75, 3.05) is 6.54 Å². The molecule has 0 unspecified atom stereocenters. The summed E-state index contributed by atoms with van der Waals surface area (Å²) in [6, 6.07) is 1.80. The van der Waals surface area contributed by atoms with Gasteiger partial charge in [0.25, 0.3) is 0 Å². The maximum absolute atomic E-state index is 12.0. The van der Waals surface area contributed by atoms with Crippen molar-refractivity contribution in [1.29, 1.82) is 0 Å². The molecule has 1 aliphatic carbocycles. The first kappa shape index (κ1) is 20.6. The van der Waals surface area contributed by atoms with Gasteiger partial charge in [-0.3, -0.25) is 4.79 Å². The van der Waals surface area contributed by atoms with Gasteiger partial charge >= 0.3 is 6.09 Å². The number of aldehydes is 1. The van der Waals surface area contributed by atoms with Gasteiger partial charge in [-0.25, -0.2) is 9.78 Å². The molecule has 0 aromatic carbocycles. The van der Waals surface area contributed by atoms with Gasteiger partial charge in [-0.2, -0.15) is 4.98 Å². The van der Waals surface area contributed by atoms with Crippen LogP contribution in [0.25, 0.3) is 11.0 Å². The Morgan fingerprint density at radius 3 is 2.71 bits per heavy atom. The largest absolute Gasteiger partial charge is 0.444 e. The standard InChI is InChI=1S/C20H27ClN4O3/c1-19(2,3)28-18(27)22-10-9-20(7-5-4-6-8-20)25-15(13-26)11-14-12-23-17(21)24-16(14)25/h11-13H,4-10H2,1-3H3,(H,22,27). The topological polar surface area (TPSA) is 86.1 Å². The molecule has 1 N–H and O–H groups in total. The van der Waals surface area contributed by atoms with E-state index in [0.29, 0.717) is 24.3 Å². The molecule has 0 radical (unpaired) electrons. The van der Waals surface area contributed by atoms with Crippen LogP contribution in [0, 0.1) is 0 Å². The zero-order valence-corrected chi connectivity index (χ0v) is 17.4. The van der Waals surface area contributed by atoms with E-state index >= 15 is 0 Å². The Kier molecular flexibility index (Phi) is 5.93. The SMILES string of the molecule is CC(C)(C)OC(=O)NCCC1(n2c(C=O)cc3cnc(Cl)nc32)CCCCC1. The average molecular weight is 407 g/mol. The van der Waals surface area contributed by atoms with Gasteiger partial charge in [0.05, 0.1) is 5.69 Å². The second-order valence-corrected chi connectivity index (χ2v) is 8.74.